The van der Waals surface area contributed by atoms with Crippen molar-refractivity contribution in [1.82, 2.24) is 10.2 Å². The van der Waals surface area contributed by atoms with Crippen LogP contribution in [0.25, 0.3) is 0 Å². The maximum Gasteiger partial charge on any atom is 0.105 e. The highest BCUT2D eigenvalue weighted by atomic mass is 15.2. The van der Waals surface area contributed by atoms with Crippen molar-refractivity contribution in [3.05, 3.63) is 0 Å². The van der Waals surface area contributed by atoms with E-state index in [4.69, 9.17) is 0 Å². The standard InChI is InChI=1S/C15H29N3/c1-6-9-17-15(4,11-16)10-12(2)18(5)13(3)14-7-8-14/h12-14,17H,6-10H2,1-5H3. The number of nitrogens with zero attached hydrogens (tertiary/aromatic N) is 2. The van der Waals surface area contributed by atoms with E-state index in [1.165, 1.54) is 12.8 Å². The summed E-state index contributed by atoms with van der Waals surface area (Å²) in [7, 11) is 2.20. The van der Waals surface area contributed by atoms with E-state index in [9.17, 15) is 5.26 Å². The van der Waals surface area contributed by atoms with Crippen LogP contribution in [0.1, 0.15) is 53.4 Å². The van der Waals surface area contributed by atoms with Crippen LogP contribution in [-0.4, -0.2) is 36.1 Å². The van der Waals surface area contributed by atoms with Crippen LogP contribution in [0.3, 0.4) is 0 Å². The maximum atomic E-state index is 9.37. The van der Waals surface area contributed by atoms with Crippen molar-refractivity contribution < 1.29 is 0 Å². The summed E-state index contributed by atoms with van der Waals surface area (Å²) in [5.41, 5.74) is -0.396. The molecule has 0 radical (unpaired) electrons. The van der Waals surface area contributed by atoms with Crippen molar-refractivity contribution in [3.63, 3.8) is 0 Å². The Morgan fingerprint density at radius 2 is 2.06 bits per heavy atom. The van der Waals surface area contributed by atoms with Crippen LogP contribution in [0, 0.1) is 17.2 Å². The van der Waals surface area contributed by atoms with Crippen LogP contribution in [-0.2, 0) is 0 Å². The molecule has 3 atom stereocenters. The Kier molecular flexibility index (Phi) is 5.62. The number of nitrogens with one attached hydrogen (secondary N) is 1. The lowest BCUT2D eigenvalue weighted by molar-refractivity contribution is 0.152. The fraction of sp³-hybridized carbons (Fsp3) is 0.933. The molecule has 0 amide bonds. The Morgan fingerprint density at radius 3 is 2.50 bits per heavy atom. The third-order valence-electron chi connectivity index (χ3n) is 4.36. The van der Waals surface area contributed by atoms with Crippen LogP contribution < -0.4 is 5.32 Å². The van der Waals surface area contributed by atoms with Gasteiger partial charge in [0.05, 0.1) is 6.07 Å². The van der Waals surface area contributed by atoms with E-state index in [1.807, 2.05) is 6.92 Å². The predicted octanol–water partition coefficient (Wildman–Crippen LogP) is 2.78. The third-order valence-corrected chi connectivity index (χ3v) is 4.36. The number of rotatable bonds is 8. The fourth-order valence-corrected chi connectivity index (χ4v) is 2.61. The molecule has 18 heavy (non-hydrogen) atoms. The lowest BCUT2D eigenvalue weighted by Gasteiger charge is -2.35. The molecule has 3 unspecified atom stereocenters. The van der Waals surface area contributed by atoms with Crippen LogP contribution in [0.2, 0.25) is 0 Å². The van der Waals surface area contributed by atoms with Gasteiger partial charge in [0, 0.05) is 12.1 Å². The van der Waals surface area contributed by atoms with E-state index < -0.39 is 5.54 Å². The molecule has 0 heterocycles. The van der Waals surface area contributed by atoms with E-state index in [0.717, 1.165) is 25.3 Å². The van der Waals surface area contributed by atoms with Crippen molar-refractivity contribution >= 4 is 0 Å². The molecule has 104 valence electrons. The lowest BCUT2D eigenvalue weighted by atomic mass is 9.93. The molecule has 3 heteroatoms. The van der Waals surface area contributed by atoms with Gasteiger partial charge < -0.3 is 4.90 Å². The van der Waals surface area contributed by atoms with Gasteiger partial charge in [-0.15, -0.1) is 0 Å². The smallest absolute Gasteiger partial charge is 0.105 e. The Labute approximate surface area is 113 Å². The van der Waals surface area contributed by atoms with Crippen LogP contribution in [0.15, 0.2) is 0 Å². The minimum Gasteiger partial charge on any atom is -0.301 e. The van der Waals surface area contributed by atoms with Crippen molar-refractivity contribution in [2.75, 3.05) is 13.6 Å². The Hall–Kier alpha value is -0.590. The lowest BCUT2D eigenvalue weighted by Crippen LogP contribution is -2.48. The van der Waals surface area contributed by atoms with Crippen molar-refractivity contribution in [2.24, 2.45) is 5.92 Å². The summed E-state index contributed by atoms with van der Waals surface area (Å²) in [4.78, 5) is 2.45. The van der Waals surface area contributed by atoms with Crippen molar-refractivity contribution in [1.29, 1.82) is 5.26 Å². The van der Waals surface area contributed by atoms with Gasteiger partial charge in [-0.05, 0) is 66.0 Å². The summed E-state index contributed by atoms with van der Waals surface area (Å²) in [6, 6.07) is 3.53. The van der Waals surface area contributed by atoms with Gasteiger partial charge in [-0.1, -0.05) is 6.92 Å². The minimum absolute atomic E-state index is 0.396. The zero-order chi connectivity index (χ0) is 13.8. The maximum absolute atomic E-state index is 9.37. The molecule has 0 aromatic heterocycles. The second kappa shape index (κ2) is 6.54. The molecule has 0 aromatic rings. The highest BCUT2D eigenvalue weighted by Crippen LogP contribution is 2.35. The molecule has 0 saturated heterocycles. The quantitative estimate of drug-likeness (QED) is 0.721. The summed E-state index contributed by atoms with van der Waals surface area (Å²) in [6.07, 6.45) is 4.71. The van der Waals surface area contributed by atoms with Crippen molar-refractivity contribution in [2.45, 2.75) is 71.0 Å². The molecule has 1 aliphatic carbocycles. The SMILES string of the molecule is CCCNC(C)(C#N)CC(C)N(C)C(C)C1CC1. The zero-order valence-corrected chi connectivity index (χ0v) is 12.7. The second-order valence-corrected chi connectivity index (χ2v) is 6.17. The number of nitriles is 1. The first-order valence-electron chi connectivity index (χ1n) is 7.31. The zero-order valence-electron chi connectivity index (χ0n) is 12.7. The first-order valence-corrected chi connectivity index (χ1v) is 7.31. The number of hydrogen-bond donors (Lipinski definition) is 1. The molecular weight excluding hydrogens is 222 g/mol. The van der Waals surface area contributed by atoms with Gasteiger partial charge in [-0.25, -0.2) is 0 Å². The summed E-state index contributed by atoms with van der Waals surface area (Å²) < 4.78 is 0. The van der Waals surface area contributed by atoms with Crippen molar-refractivity contribution in [3.8, 4) is 6.07 Å². The van der Waals surface area contributed by atoms with Crippen LogP contribution in [0.4, 0.5) is 0 Å². The molecule has 1 saturated carbocycles. The second-order valence-electron chi connectivity index (χ2n) is 6.17. The van der Waals surface area contributed by atoms with E-state index in [-0.39, 0.29) is 0 Å². The van der Waals surface area contributed by atoms with Gasteiger partial charge in [-0.3, -0.25) is 5.32 Å². The van der Waals surface area contributed by atoms with E-state index in [1.54, 1.807) is 0 Å². The molecule has 1 rings (SSSR count). The average molecular weight is 251 g/mol. The Balaban J connectivity index is 2.49. The van der Waals surface area contributed by atoms with Gasteiger partial charge in [0.25, 0.3) is 0 Å². The summed E-state index contributed by atoms with van der Waals surface area (Å²) >= 11 is 0. The monoisotopic (exact) mass is 251 g/mol. The minimum atomic E-state index is -0.396. The van der Waals surface area contributed by atoms with E-state index in [0.29, 0.717) is 12.1 Å². The highest BCUT2D eigenvalue weighted by Gasteiger charge is 2.34. The summed E-state index contributed by atoms with van der Waals surface area (Å²) in [6.45, 7) is 9.63. The average Bonchev–Trinajstić information content (AvgIpc) is 3.18. The molecule has 0 bridgehead atoms. The topological polar surface area (TPSA) is 39.1 Å². The highest BCUT2D eigenvalue weighted by molar-refractivity contribution is 5.05. The van der Waals surface area contributed by atoms with Crippen LogP contribution in [0.5, 0.6) is 0 Å². The molecule has 1 N–H and O–H groups in total. The fourth-order valence-electron chi connectivity index (χ4n) is 2.61. The first-order chi connectivity index (χ1) is 8.43. The molecule has 0 aliphatic heterocycles. The molecule has 0 spiro atoms. The normalized spacial score (nSPS) is 22.3. The Morgan fingerprint density at radius 1 is 1.44 bits per heavy atom. The summed E-state index contributed by atoms with van der Waals surface area (Å²) in [5.74, 6) is 0.884. The van der Waals surface area contributed by atoms with Gasteiger partial charge in [0.1, 0.15) is 5.54 Å². The van der Waals surface area contributed by atoms with Gasteiger partial charge >= 0.3 is 0 Å². The van der Waals surface area contributed by atoms with E-state index in [2.05, 4.69) is 44.1 Å². The molecular formula is C15H29N3. The van der Waals surface area contributed by atoms with E-state index >= 15 is 0 Å². The first kappa shape index (κ1) is 15.5. The predicted molar refractivity (Wildman–Crippen MR) is 76.3 cm³/mol. The third kappa shape index (κ3) is 4.26. The largest absolute Gasteiger partial charge is 0.301 e. The molecule has 1 aliphatic rings. The summed E-state index contributed by atoms with van der Waals surface area (Å²) in [5, 5.41) is 12.7. The molecule has 0 aromatic carbocycles. The number of hydrogen-bond acceptors (Lipinski definition) is 3. The van der Waals surface area contributed by atoms with Gasteiger partial charge in [-0.2, -0.15) is 5.26 Å². The molecule has 3 nitrogen and oxygen atoms in total. The van der Waals surface area contributed by atoms with Crippen LogP contribution >= 0.6 is 0 Å². The Bertz CT molecular complexity index is 293. The van der Waals surface area contributed by atoms with Gasteiger partial charge in [0.15, 0.2) is 0 Å². The van der Waals surface area contributed by atoms with Gasteiger partial charge in [0.2, 0.25) is 0 Å². The molecule has 1 fully saturated rings.